The molecular weight excluding hydrogens is 325 g/mol. The first kappa shape index (κ1) is 16.6. The Bertz CT molecular complexity index is 842. The van der Waals surface area contributed by atoms with Crippen molar-refractivity contribution in [1.29, 1.82) is 0 Å². The molecule has 0 unspecified atom stereocenters. The molecule has 0 aliphatic heterocycles. The van der Waals surface area contributed by atoms with E-state index in [0.717, 1.165) is 27.1 Å². The second-order valence-electron chi connectivity index (χ2n) is 5.36. The fourth-order valence-corrected chi connectivity index (χ4v) is 3.59. The highest BCUT2D eigenvalue weighted by Gasteiger charge is 2.12. The van der Waals surface area contributed by atoms with Crippen LogP contribution in [0.4, 0.5) is 4.39 Å². The summed E-state index contributed by atoms with van der Waals surface area (Å²) in [5.74, 6) is 0.274. The number of rotatable bonds is 6. The average molecular weight is 343 g/mol. The van der Waals surface area contributed by atoms with E-state index in [1.807, 2.05) is 35.0 Å². The summed E-state index contributed by atoms with van der Waals surface area (Å²) < 4.78 is 20.0. The van der Waals surface area contributed by atoms with Gasteiger partial charge >= 0.3 is 5.97 Å². The third kappa shape index (κ3) is 3.79. The number of hydrogen-bond donors (Lipinski definition) is 0. The Kier molecular flexibility index (Phi) is 5.20. The minimum atomic E-state index is -0.242. The summed E-state index contributed by atoms with van der Waals surface area (Å²) in [6.45, 7) is 2.38. The highest BCUT2D eigenvalue weighted by Crippen LogP contribution is 2.32. The van der Waals surface area contributed by atoms with Crippen molar-refractivity contribution in [3.63, 3.8) is 0 Å². The van der Waals surface area contributed by atoms with Gasteiger partial charge in [0.1, 0.15) is 12.4 Å². The third-order valence-corrected chi connectivity index (χ3v) is 4.78. The Morgan fingerprint density at radius 3 is 2.67 bits per heavy atom. The largest absolute Gasteiger partial charge is 0.465 e. The number of thioether (sulfide) groups is 1. The van der Waals surface area contributed by atoms with Crippen LogP contribution in [0.2, 0.25) is 0 Å². The molecule has 3 aromatic rings. The lowest BCUT2D eigenvalue weighted by Crippen LogP contribution is -2.12. The quantitative estimate of drug-likeness (QED) is 0.483. The zero-order valence-corrected chi connectivity index (χ0v) is 14.2. The molecule has 0 saturated heterocycles. The Morgan fingerprint density at radius 1 is 1.17 bits per heavy atom. The summed E-state index contributed by atoms with van der Waals surface area (Å²) in [5, 5.41) is 1.11. The molecule has 0 atom stereocenters. The van der Waals surface area contributed by atoms with E-state index in [2.05, 4.69) is 0 Å². The van der Waals surface area contributed by atoms with Gasteiger partial charge in [0, 0.05) is 27.7 Å². The van der Waals surface area contributed by atoms with Crippen molar-refractivity contribution in [3.05, 3.63) is 66.1 Å². The monoisotopic (exact) mass is 343 g/mol. The minimum Gasteiger partial charge on any atom is -0.465 e. The molecule has 24 heavy (non-hydrogen) atoms. The van der Waals surface area contributed by atoms with Crippen LogP contribution in [0.15, 0.2) is 59.6 Å². The molecule has 0 aliphatic carbocycles. The Hall–Kier alpha value is -2.27. The van der Waals surface area contributed by atoms with Crippen molar-refractivity contribution in [2.24, 2.45) is 0 Å². The maximum Gasteiger partial charge on any atom is 0.325 e. The molecule has 0 bridgehead atoms. The number of esters is 1. The number of carbonyl (C=O) groups is 1. The summed E-state index contributed by atoms with van der Waals surface area (Å²) in [6.07, 6.45) is 1.98. The highest BCUT2D eigenvalue weighted by molar-refractivity contribution is 7.98. The summed E-state index contributed by atoms with van der Waals surface area (Å²) >= 11 is 1.67. The van der Waals surface area contributed by atoms with Gasteiger partial charge in [0.15, 0.2) is 0 Å². The normalized spacial score (nSPS) is 10.9. The molecule has 1 aromatic heterocycles. The summed E-state index contributed by atoms with van der Waals surface area (Å²) in [7, 11) is 0. The summed E-state index contributed by atoms with van der Waals surface area (Å²) in [6, 6.07) is 14.5. The minimum absolute atomic E-state index is 0.200. The first-order valence-electron chi connectivity index (χ1n) is 7.78. The maximum absolute atomic E-state index is 13.0. The number of ether oxygens (including phenoxy) is 1. The predicted molar refractivity (Wildman–Crippen MR) is 94.5 cm³/mol. The Balaban J connectivity index is 1.82. The molecule has 2 aromatic carbocycles. The van der Waals surface area contributed by atoms with E-state index < -0.39 is 0 Å². The topological polar surface area (TPSA) is 31.2 Å². The predicted octanol–water partition coefficient (Wildman–Crippen LogP) is 4.64. The molecule has 3 rings (SSSR count). The number of carbonyl (C=O) groups excluding carboxylic acids is 1. The highest BCUT2D eigenvalue weighted by atomic mass is 32.2. The van der Waals surface area contributed by atoms with Gasteiger partial charge in [-0.15, -0.1) is 11.8 Å². The van der Waals surface area contributed by atoms with E-state index in [4.69, 9.17) is 4.74 Å². The van der Waals surface area contributed by atoms with E-state index in [1.54, 1.807) is 30.8 Å². The number of fused-ring (bicyclic) bond motifs is 1. The van der Waals surface area contributed by atoms with Crippen LogP contribution >= 0.6 is 11.8 Å². The van der Waals surface area contributed by atoms with Gasteiger partial charge in [-0.3, -0.25) is 4.79 Å². The standard InChI is InChI=1S/C19H18FNO2S/c1-2-23-19(22)12-21-11-18(16-5-3-4-6-17(16)21)24-13-14-7-9-15(20)10-8-14/h3-11H,2,12-13H2,1H3. The number of benzene rings is 2. The van der Waals surface area contributed by atoms with Crippen molar-refractivity contribution in [1.82, 2.24) is 4.57 Å². The molecule has 5 heteroatoms. The van der Waals surface area contributed by atoms with Crippen molar-refractivity contribution >= 4 is 28.6 Å². The first-order chi connectivity index (χ1) is 11.7. The Labute approximate surface area is 144 Å². The zero-order chi connectivity index (χ0) is 16.9. The van der Waals surface area contributed by atoms with Gasteiger partial charge in [-0.1, -0.05) is 30.3 Å². The number of halogens is 1. The van der Waals surface area contributed by atoms with Crippen LogP contribution < -0.4 is 0 Å². The van der Waals surface area contributed by atoms with Gasteiger partial charge in [0.25, 0.3) is 0 Å². The lowest BCUT2D eigenvalue weighted by Gasteiger charge is -2.04. The van der Waals surface area contributed by atoms with Crippen molar-refractivity contribution in [2.45, 2.75) is 24.1 Å². The van der Waals surface area contributed by atoms with Crippen LogP contribution in [0.25, 0.3) is 10.9 Å². The van der Waals surface area contributed by atoms with Gasteiger partial charge in [0.2, 0.25) is 0 Å². The number of nitrogens with zero attached hydrogens (tertiary/aromatic N) is 1. The second-order valence-corrected chi connectivity index (χ2v) is 6.38. The van der Waals surface area contributed by atoms with Crippen LogP contribution in [0.3, 0.4) is 0 Å². The molecule has 0 spiro atoms. The number of para-hydroxylation sites is 1. The van der Waals surface area contributed by atoms with Gasteiger partial charge < -0.3 is 9.30 Å². The van der Waals surface area contributed by atoms with E-state index in [0.29, 0.717) is 6.61 Å². The van der Waals surface area contributed by atoms with Crippen LogP contribution in [0.5, 0.6) is 0 Å². The van der Waals surface area contributed by atoms with Crippen LogP contribution in [-0.4, -0.2) is 17.1 Å². The lowest BCUT2D eigenvalue weighted by atomic mass is 10.2. The van der Waals surface area contributed by atoms with E-state index in [9.17, 15) is 9.18 Å². The molecule has 0 aliphatic rings. The molecule has 1 heterocycles. The molecule has 0 fully saturated rings. The molecular formula is C19H18FNO2S. The van der Waals surface area contributed by atoms with Gasteiger partial charge in [-0.25, -0.2) is 4.39 Å². The first-order valence-corrected chi connectivity index (χ1v) is 8.76. The smallest absolute Gasteiger partial charge is 0.325 e. The molecule has 124 valence electrons. The number of hydrogen-bond acceptors (Lipinski definition) is 3. The summed E-state index contributed by atoms with van der Waals surface area (Å²) in [5.41, 5.74) is 2.07. The van der Waals surface area contributed by atoms with Crippen LogP contribution in [0, 0.1) is 5.82 Å². The Morgan fingerprint density at radius 2 is 1.92 bits per heavy atom. The van der Waals surface area contributed by atoms with Crippen molar-refractivity contribution in [2.75, 3.05) is 6.61 Å². The van der Waals surface area contributed by atoms with Crippen molar-refractivity contribution < 1.29 is 13.9 Å². The third-order valence-electron chi connectivity index (χ3n) is 3.66. The van der Waals surface area contributed by atoms with Crippen LogP contribution in [-0.2, 0) is 21.8 Å². The molecule has 0 amide bonds. The molecule has 0 N–H and O–H groups in total. The average Bonchev–Trinajstić information content (AvgIpc) is 2.93. The zero-order valence-electron chi connectivity index (χ0n) is 13.4. The van der Waals surface area contributed by atoms with Crippen molar-refractivity contribution in [3.8, 4) is 0 Å². The van der Waals surface area contributed by atoms with Gasteiger partial charge in [-0.05, 0) is 30.7 Å². The fourth-order valence-electron chi connectivity index (χ4n) is 2.55. The number of aromatic nitrogens is 1. The van der Waals surface area contributed by atoms with Crippen LogP contribution in [0.1, 0.15) is 12.5 Å². The van der Waals surface area contributed by atoms with E-state index in [-0.39, 0.29) is 18.3 Å². The maximum atomic E-state index is 13.0. The second kappa shape index (κ2) is 7.53. The molecule has 0 radical (unpaired) electrons. The SMILES string of the molecule is CCOC(=O)Cn1cc(SCc2ccc(F)cc2)c2ccccc21. The molecule has 0 saturated carbocycles. The van der Waals surface area contributed by atoms with E-state index >= 15 is 0 Å². The van der Waals surface area contributed by atoms with Gasteiger partial charge in [0.05, 0.1) is 6.61 Å². The van der Waals surface area contributed by atoms with Gasteiger partial charge in [-0.2, -0.15) is 0 Å². The summed E-state index contributed by atoms with van der Waals surface area (Å²) in [4.78, 5) is 12.9. The lowest BCUT2D eigenvalue weighted by molar-refractivity contribution is -0.143. The molecule has 3 nitrogen and oxygen atoms in total. The van der Waals surface area contributed by atoms with E-state index in [1.165, 1.54) is 12.1 Å². The fraction of sp³-hybridized carbons (Fsp3) is 0.211.